The van der Waals surface area contributed by atoms with E-state index in [2.05, 4.69) is 28.6 Å². The van der Waals surface area contributed by atoms with Gasteiger partial charge in [0.25, 0.3) is 0 Å². The van der Waals surface area contributed by atoms with Crippen molar-refractivity contribution in [2.75, 3.05) is 14.2 Å². The molecule has 1 aromatic rings. The van der Waals surface area contributed by atoms with Gasteiger partial charge < -0.3 is 15.4 Å². The van der Waals surface area contributed by atoms with Crippen molar-refractivity contribution in [1.29, 1.82) is 0 Å². The lowest BCUT2D eigenvalue weighted by molar-refractivity contribution is 0.377. The van der Waals surface area contributed by atoms with Crippen LogP contribution in [0.15, 0.2) is 29.3 Å². The van der Waals surface area contributed by atoms with Crippen LogP contribution in [0, 0.1) is 0 Å². The van der Waals surface area contributed by atoms with Gasteiger partial charge in [-0.05, 0) is 32.3 Å². The minimum Gasteiger partial charge on any atom is -0.496 e. The number of methoxy groups -OCH3 is 1. The molecule has 0 aliphatic heterocycles. The van der Waals surface area contributed by atoms with E-state index in [4.69, 9.17) is 4.74 Å². The molecule has 1 aliphatic rings. The maximum Gasteiger partial charge on any atom is 0.191 e. The van der Waals surface area contributed by atoms with E-state index in [1.807, 2.05) is 25.2 Å². The molecule has 1 saturated carbocycles. The van der Waals surface area contributed by atoms with Crippen molar-refractivity contribution in [3.8, 4) is 5.75 Å². The van der Waals surface area contributed by atoms with E-state index in [-0.39, 0.29) is 30.0 Å². The molecule has 0 radical (unpaired) electrons. The third-order valence-electron chi connectivity index (χ3n) is 3.63. The van der Waals surface area contributed by atoms with Gasteiger partial charge in [-0.15, -0.1) is 24.0 Å². The molecule has 5 heteroatoms. The van der Waals surface area contributed by atoms with E-state index in [1.165, 1.54) is 19.3 Å². The van der Waals surface area contributed by atoms with Crippen molar-refractivity contribution in [2.45, 2.75) is 38.3 Å². The molecule has 2 rings (SSSR count). The van der Waals surface area contributed by atoms with Gasteiger partial charge in [0.1, 0.15) is 5.75 Å². The van der Waals surface area contributed by atoms with Crippen molar-refractivity contribution in [1.82, 2.24) is 10.6 Å². The Hall–Kier alpha value is -0.980. The van der Waals surface area contributed by atoms with E-state index >= 15 is 0 Å². The number of nitrogens with zero attached hydrogens (tertiary/aromatic N) is 1. The fourth-order valence-corrected chi connectivity index (χ4v) is 2.22. The van der Waals surface area contributed by atoms with Crippen LogP contribution >= 0.6 is 24.0 Å². The lowest BCUT2D eigenvalue weighted by Gasteiger charge is -2.29. The lowest BCUT2D eigenvalue weighted by atomic mass is 9.93. The molecule has 0 amide bonds. The molecule has 0 bridgehead atoms. The van der Waals surface area contributed by atoms with Crippen LogP contribution in [0.1, 0.15) is 37.8 Å². The highest BCUT2D eigenvalue weighted by Gasteiger charge is 2.19. The highest BCUT2D eigenvalue weighted by atomic mass is 127. The number of hydrogen-bond donors (Lipinski definition) is 2. The zero-order valence-electron chi connectivity index (χ0n) is 12.3. The van der Waals surface area contributed by atoms with Crippen molar-refractivity contribution >= 4 is 29.9 Å². The Labute approximate surface area is 138 Å². The summed E-state index contributed by atoms with van der Waals surface area (Å²) >= 11 is 0. The smallest absolute Gasteiger partial charge is 0.191 e. The summed E-state index contributed by atoms with van der Waals surface area (Å²) in [5.41, 5.74) is 1.14. The molecule has 0 aromatic heterocycles. The number of guanidine groups is 1. The Kier molecular flexibility index (Phi) is 7.12. The number of benzene rings is 1. The minimum absolute atomic E-state index is 0. The van der Waals surface area contributed by atoms with E-state index in [0.717, 1.165) is 17.3 Å². The number of halogens is 1. The second-order valence-corrected chi connectivity index (χ2v) is 4.95. The van der Waals surface area contributed by atoms with E-state index < -0.39 is 0 Å². The molecule has 0 saturated heterocycles. The van der Waals surface area contributed by atoms with Gasteiger partial charge >= 0.3 is 0 Å². The zero-order chi connectivity index (χ0) is 13.7. The average molecular weight is 389 g/mol. The second kappa shape index (κ2) is 8.34. The summed E-state index contributed by atoms with van der Waals surface area (Å²) in [6.45, 7) is 2.12. The standard InChI is InChI=1S/C15H23N3O.HI/c1-11(13-9-4-5-10-14(13)19-3)17-15(16-2)18-12-7-6-8-12;/h4-5,9-12H,6-8H2,1-3H3,(H2,16,17,18);1H. The van der Waals surface area contributed by atoms with Gasteiger partial charge in [0.2, 0.25) is 0 Å². The molecule has 20 heavy (non-hydrogen) atoms. The first-order valence-corrected chi connectivity index (χ1v) is 6.87. The molecule has 2 N–H and O–H groups in total. The normalized spacial score (nSPS) is 16.6. The predicted octanol–water partition coefficient (Wildman–Crippen LogP) is 3.09. The number of ether oxygens (including phenoxy) is 1. The van der Waals surface area contributed by atoms with Crippen molar-refractivity contribution in [2.24, 2.45) is 4.99 Å². The number of para-hydroxylation sites is 1. The van der Waals surface area contributed by atoms with Crippen LogP contribution in [0.2, 0.25) is 0 Å². The Bertz CT molecular complexity index is 446. The summed E-state index contributed by atoms with van der Waals surface area (Å²) in [5.74, 6) is 1.77. The molecule has 1 aromatic carbocycles. The lowest BCUT2D eigenvalue weighted by Crippen LogP contribution is -2.46. The first-order valence-electron chi connectivity index (χ1n) is 6.87. The topological polar surface area (TPSA) is 45.7 Å². The van der Waals surface area contributed by atoms with Gasteiger partial charge in [0, 0.05) is 18.7 Å². The third kappa shape index (κ3) is 4.26. The van der Waals surface area contributed by atoms with Gasteiger partial charge in [-0.3, -0.25) is 4.99 Å². The highest BCUT2D eigenvalue weighted by Crippen LogP contribution is 2.24. The molecule has 1 fully saturated rings. The van der Waals surface area contributed by atoms with Crippen LogP contribution in [-0.4, -0.2) is 26.2 Å². The first-order chi connectivity index (χ1) is 9.24. The van der Waals surface area contributed by atoms with Gasteiger partial charge in [-0.2, -0.15) is 0 Å². The molecule has 0 spiro atoms. The summed E-state index contributed by atoms with van der Waals surface area (Å²) in [7, 11) is 3.51. The van der Waals surface area contributed by atoms with Gasteiger partial charge in [0.05, 0.1) is 13.2 Å². The fraction of sp³-hybridized carbons (Fsp3) is 0.533. The van der Waals surface area contributed by atoms with Crippen LogP contribution in [0.4, 0.5) is 0 Å². The summed E-state index contributed by atoms with van der Waals surface area (Å²) in [5, 5.41) is 6.85. The summed E-state index contributed by atoms with van der Waals surface area (Å²) in [4.78, 5) is 4.28. The molecule has 4 nitrogen and oxygen atoms in total. The maximum atomic E-state index is 5.39. The molecular weight excluding hydrogens is 365 g/mol. The third-order valence-corrected chi connectivity index (χ3v) is 3.63. The highest BCUT2D eigenvalue weighted by molar-refractivity contribution is 14.0. The molecule has 0 heterocycles. The second-order valence-electron chi connectivity index (χ2n) is 4.95. The van der Waals surface area contributed by atoms with Gasteiger partial charge in [-0.1, -0.05) is 18.2 Å². The molecule has 1 aliphatic carbocycles. The number of rotatable bonds is 4. The summed E-state index contributed by atoms with van der Waals surface area (Å²) in [6.07, 6.45) is 3.80. The van der Waals surface area contributed by atoms with E-state index in [1.54, 1.807) is 7.11 Å². The van der Waals surface area contributed by atoms with Crippen molar-refractivity contribution in [3.63, 3.8) is 0 Å². The Morgan fingerprint density at radius 1 is 1.35 bits per heavy atom. The molecule has 112 valence electrons. The Balaban J connectivity index is 0.00000200. The average Bonchev–Trinajstić information content (AvgIpc) is 2.41. The van der Waals surface area contributed by atoms with E-state index in [9.17, 15) is 0 Å². The van der Waals surface area contributed by atoms with Crippen LogP contribution in [0.3, 0.4) is 0 Å². The van der Waals surface area contributed by atoms with Crippen LogP contribution in [-0.2, 0) is 0 Å². The largest absolute Gasteiger partial charge is 0.496 e. The Morgan fingerprint density at radius 2 is 2.05 bits per heavy atom. The number of nitrogens with one attached hydrogen (secondary N) is 2. The quantitative estimate of drug-likeness (QED) is 0.473. The van der Waals surface area contributed by atoms with Gasteiger partial charge in [0.15, 0.2) is 5.96 Å². The fourth-order valence-electron chi connectivity index (χ4n) is 2.22. The van der Waals surface area contributed by atoms with Crippen LogP contribution in [0.25, 0.3) is 0 Å². The SMILES string of the molecule is CN=C(NC1CCC1)NC(C)c1ccccc1OC.I. The van der Waals surface area contributed by atoms with Crippen LogP contribution < -0.4 is 15.4 Å². The molecular formula is C15H24IN3O. The van der Waals surface area contributed by atoms with Crippen LogP contribution in [0.5, 0.6) is 5.75 Å². The van der Waals surface area contributed by atoms with Gasteiger partial charge in [-0.25, -0.2) is 0 Å². The minimum atomic E-state index is 0. The Morgan fingerprint density at radius 3 is 2.60 bits per heavy atom. The summed E-state index contributed by atoms with van der Waals surface area (Å²) in [6, 6.07) is 8.80. The van der Waals surface area contributed by atoms with Crippen molar-refractivity contribution < 1.29 is 4.74 Å². The monoisotopic (exact) mass is 389 g/mol. The van der Waals surface area contributed by atoms with E-state index in [0.29, 0.717) is 6.04 Å². The zero-order valence-corrected chi connectivity index (χ0v) is 14.7. The predicted molar refractivity (Wildman–Crippen MR) is 94.1 cm³/mol. The first kappa shape index (κ1) is 17.1. The maximum absolute atomic E-state index is 5.39. The number of aliphatic imine (C=N–C) groups is 1. The molecule has 1 unspecified atom stereocenters. The summed E-state index contributed by atoms with van der Waals surface area (Å²) < 4.78 is 5.39. The van der Waals surface area contributed by atoms with Crippen molar-refractivity contribution in [3.05, 3.63) is 29.8 Å². The number of hydrogen-bond acceptors (Lipinski definition) is 2. The molecule has 1 atom stereocenters.